The van der Waals surface area contributed by atoms with Crippen molar-refractivity contribution >= 4 is 21.4 Å². The van der Waals surface area contributed by atoms with E-state index in [1.165, 1.54) is 31.7 Å². The molecule has 0 fully saturated rings. The highest BCUT2D eigenvalue weighted by Crippen LogP contribution is 2.33. The number of nitrogens with one attached hydrogen (secondary N) is 1. The SMILES string of the molecule is CCNCc1sc2cc(C)c(C)cc2c1CC. The summed E-state index contributed by atoms with van der Waals surface area (Å²) >= 11 is 1.95. The Labute approximate surface area is 108 Å². The van der Waals surface area contributed by atoms with Crippen LogP contribution >= 0.6 is 11.3 Å². The quantitative estimate of drug-likeness (QED) is 0.854. The second-order valence-corrected chi connectivity index (χ2v) is 5.71. The molecule has 0 aliphatic heterocycles. The number of benzene rings is 1. The van der Waals surface area contributed by atoms with Gasteiger partial charge in [0.15, 0.2) is 0 Å². The van der Waals surface area contributed by atoms with Gasteiger partial charge in [0, 0.05) is 16.1 Å². The molecular formula is C15H21NS. The van der Waals surface area contributed by atoms with Crippen molar-refractivity contribution < 1.29 is 0 Å². The lowest BCUT2D eigenvalue weighted by atomic mass is 10.0. The van der Waals surface area contributed by atoms with E-state index in [2.05, 4.69) is 45.1 Å². The molecule has 17 heavy (non-hydrogen) atoms. The van der Waals surface area contributed by atoms with Gasteiger partial charge >= 0.3 is 0 Å². The summed E-state index contributed by atoms with van der Waals surface area (Å²) in [7, 11) is 0. The highest BCUT2D eigenvalue weighted by atomic mass is 32.1. The maximum Gasteiger partial charge on any atom is 0.0351 e. The van der Waals surface area contributed by atoms with Crippen molar-refractivity contribution in [1.82, 2.24) is 5.32 Å². The molecule has 1 aromatic heterocycles. The van der Waals surface area contributed by atoms with E-state index in [1.54, 1.807) is 0 Å². The number of aryl methyl sites for hydroxylation is 3. The zero-order valence-electron chi connectivity index (χ0n) is 11.2. The largest absolute Gasteiger partial charge is 0.312 e. The standard InChI is InChI=1S/C15H21NS/c1-5-12-13-7-10(3)11(4)8-14(13)17-15(12)9-16-6-2/h7-8,16H,5-6,9H2,1-4H3. The predicted molar refractivity (Wildman–Crippen MR) is 78.1 cm³/mol. The second-order valence-electron chi connectivity index (χ2n) is 4.57. The highest BCUT2D eigenvalue weighted by molar-refractivity contribution is 7.19. The Kier molecular flexibility index (Phi) is 3.85. The molecule has 2 rings (SSSR count). The zero-order chi connectivity index (χ0) is 12.4. The molecule has 92 valence electrons. The first-order valence-electron chi connectivity index (χ1n) is 6.39. The van der Waals surface area contributed by atoms with Crippen LogP contribution in [0.25, 0.3) is 10.1 Å². The molecule has 2 heteroatoms. The lowest BCUT2D eigenvalue weighted by Crippen LogP contribution is -2.11. The van der Waals surface area contributed by atoms with Crippen LogP contribution in [0.4, 0.5) is 0 Å². The molecule has 1 nitrogen and oxygen atoms in total. The van der Waals surface area contributed by atoms with Crippen LogP contribution in [0.15, 0.2) is 12.1 Å². The van der Waals surface area contributed by atoms with Gasteiger partial charge in [-0.25, -0.2) is 0 Å². The molecule has 0 atom stereocenters. The van der Waals surface area contributed by atoms with Gasteiger partial charge in [0.05, 0.1) is 0 Å². The summed E-state index contributed by atoms with van der Waals surface area (Å²) in [6.45, 7) is 10.9. The minimum absolute atomic E-state index is 1.01. The molecule has 0 unspecified atom stereocenters. The molecule has 0 aliphatic rings. The fraction of sp³-hybridized carbons (Fsp3) is 0.467. The third-order valence-corrected chi connectivity index (χ3v) is 4.57. The van der Waals surface area contributed by atoms with E-state index in [-0.39, 0.29) is 0 Å². The van der Waals surface area contributed by atoms with Crippen molar-refractivity contribution in [1.29, 1.82) is 0 Å². The van der Waals surface area contributed by atoms with Crippen LogP contribution in [0.3, 0.4) is 0 Å². The third kappa shape index (κ3) is 2.38. The van der Waals surface area contributed by atoms with Crippen LogP contribution < -0.4 is 5.32 Å². The van der Waals surface area contributed by atoms with Crippen molar-refractivity contribution in [3.8, 4) is 0 Å². The molecule has 0 saturated heterocycles. The van der Waals surface area contributed by atoms with Crippen LogP contribution in [-0.2, 0) is 13.0 Å². The molecule has 0 bridgehead atoms. The number of hydrogen-bond acceptors (Lipinski definition) is 2. The summed E-state index contributed by atoms with van der Waals surface area (Å²) in [5.74, 6) is 0. The Balaban J connectivity index is 2.54. The molecular weight excluding hydrogens is 226 g/mol. The summed E-state index contributed by atoms with van der Waals surface area (Å²) < 4.78 is 1.44. The molecule has 1 N–H and O–H groups in total. The number of fused-ring (bicyclic) bond motifs is 1. The van der Waals surface area contributed by atoms with Gasteiger partial charge in [-0.1, -0.05) is 19.9 Å². The monoisotopic (exact) mass is 247 g/mol. The lowest BCUT2D eigenvalue weighted by molar-refractivity contribution is 0.731. The van der Waals surface area contributed by atoms with Gasteiger partial charge in [-0.15, -0.1) is 11.3 Å². The second kappa shape index (κ2) is 5.19. The Bertz CT molecular complexity index is 525. The fourth-order valence-corrected chi connectivity index (χ4v) is 3.57. The summed E-state index contributed by atoms with van der Waals surface area (Å²) in [6, 6.07) is 4.69. The smallest absolute Gasteiger partial charge is 0.0351 e. The van der Waals surface area contributed by atoms with E-state index >= 15 is 0 Å². The molecule has 0 radical (unpaired) electrons. The van der Waals surface area contributed by atoms with Gasteiger partial charge in [0.1, 0.15) is 0 Å². The molecule has 2 aromatic rings. The summed E-state index contributed by atoms with van der Waals surface area (Å²) in [5, 5.41) is 4.91. The van der Waals surface area contributed by atoms with Crippen molar-refractivity contribution in [2.24, 2.45) is 0 Å². The summed E-state index contributed by atoms with van der Waals surface area (Å²) in [5.41, 5.74) is 4.34. The van der Waals surface area contributed by atoms with Crippen molar-refractivity contribution in [2.45, 2.75) is 40.7 Å². The van der Waals surface area contributed by atoms with E-state index in [0.29, 0.717) is 0 Å². The van der Waals surface area contributed by atoms with Gasteiger partial charge in [0.2, 0.25) is 0 Å². The minimum atomic E-state index is 1.01. The van der Waals surface area contributed by atoms with Crippen molar-refractivity contribution in [2.75, 3.05) is 6.54 Å². The Morgan fingerprint density at radius 2 is 1.82 bits per heavy atom. The van der Waals surface area contributed by atoms with Crippen LogP contribution in [0, 0.1) is 13.8 Å². The number of rotatable bonds is 4. The van der Waals surface area contributed by atoms with Gasteiger partial charge in [-0.05, 0) is 55.0 Å². The Morgan fingerprint density at radius 1 is 1.12 bits per heavy atom. The van der Waals surface area contributed by atoms with Crippen LogP contribution in [0.1, 0.15) is 35.4 Å². The molecule has 0 saturated carbocycles. The third-order valence-electron chi connectivity index (χ3n) is 3.38. The first-order valence-corrected chi connectivity index (χ1v) is 7.21. The topological polar surface area (TPSA) is 12.0 Å². The summed E-state index contributed by atoms with van der Waals surface area (Å²) in [4.78, 5) is 1.51. The van der Waals surface area contributed by atoms with E-state index in [0.717, 1.165) is 19.5 Å². The van der Waals surface area contributed by atoms with Crippen LogP contribution in [-0.4, -0.2) is 6.54 Å². The normalized spacial score (nSPS) is 11.3. The molecule has 0 spiro atoms. The summed E-state index contributed by atoms with van der Waals surface area (Å²) in [6.07, 6.45) is 1.13. The Morgan fingerprint density at radius 3 is 2.47 bits per heavy atom. The highest BCUT2D eigenvalue weighted by Gasteiger charge is 2.11. The first-order chi connectivity index (χ1) is 8.17. The average Bonchev–Trinajstić information content (AvgIpc) is 2.64. The van der Waals surface area contributed by atoms with Crippen molar-refractivity contribution in [3.05, 3.63) is 33.7 Å². The lowest BCUT2D eigenvalue weighted by Gasteiger charge is -2.03. The van der Waals surface area contributed by atoms with E-state index in [1.807, 2.05) is 11.3 Å². The van der Waals surface area contributed by atoms with Crippen LogP contribution in [0.2, 0.25) is 0 Å². The zero-order valence-corrected chi connectivity index (χ0v) is 12.0. The van der Waals surface area contributed by atoms with Gasteiger partial charge in [-0.2, -0.15) is 0 Å². The predicted octanol–water partition coefficient (Wildman–Crippen LogP) is 4.19. The molecule has 1 aromatic carbocycles. The molecule has 1 heterocycles. The van der Waals surface area contributed by atoms with E-state index < -0.39 is 0 Å². The minimum Gasteiger partial charge on any atom is -0.312 e. The van der Waals surface area contributed by atoms with Gasteiger partial charge in [0.25, 0.3) is 0 Å². The molecule has 0 amide bonds. The fourth-order valence-electron chi connectivity index (χ4n) is 2.22. The van der Waals surface area contributed by atoms with Gasteiger partial charge in [-0.3, -0.25) is 0 Å². The Hall–Kier alpha value is -0.860. The maximum absolute atomic E-state index is 3.44. The van der Waals surface area contributed by atoms with Crippen LogP contribution in [0.5, 0.6) is 0 Å². The average molecular weight is 247 g/mol. The molecule has 0 aliphatic carbocycles. The van der Waals surface area contributed by atoms with E-state index in [4.69, 9.17) is 0 Å². The number of hydrogen-bond donors (Lipinski definition) is 1. The first kappa shape index (κ1) is 12.6. The van der Waals surface area contributed by atoms with E-state index in [9.17, 15) is 0 Å². The number of thiophene rings is 1. The maximum atomic E-state index is 3.44. The van der Waals surface area contributed by atoms with Gasteiger partial charge < -0.3 is 5.32 Å². The van der Waals surface area contributed by atoms with Crippen molar-refractivity contribution in [3.63, 3.8) is 0 Å².